The highest BCUT2D eigenvalue weighted by atomic mass is 16.1. The zero-order valence-corrected chi connectivity index (χ0v) is 14.3. The van der Waals surface area contributed by atoms with Crippen LogP contribution in [-0.2, 0) is 0 Å². The van der Waals surface area contributed by atoms with Crippen molar-refractivity contribution in [2.45, 2.75) is 34.6 Å². The maximum Gasteiger partial charge on any atom is 0.255 e. The van der Waals surface area contributed by atoms with Gasteiger partial charge in [0.25, 0.3) is 5.91 Å². The topological polar surface area (TPSA) is 44.9 Å². The molecular formula is C20H22N2O. The number of amides is 1. The SMILES string of the molecule is Cc1cc(C)c(NC(=O)c2ccc3[nH]c(C)c(C)c3c2)c(C)c1. The second-order valence-electron chi connectivity index (χ2n) is 6.36. The fourth-order valence-electron chi connectivity index (χ4n) is 3.17. The van der Waals surface area contributed by atoms with Crippen LogP contribution in [0.2, 0.25) is 0 Å². The molecule has 1 heterocycles. The number of aromatic amines is 1. The van der Waals surface area contributed by atoms with E-state index in [4.69, 9.17) is 0 Å². The number of aromatic nitrogens is 1. The van der Waals surface area contributed by atoms with Crippen LogP contribution in [0.5, 0.6) is 0 Å². The first kappa shape index (κ1) is 15.3. The van der Waals surface area contributed by atoms with Gasteiger partial charge in [-0.05, 0) is 69.5 Å². The molecule has 0 fully saturated rings. The molecule has 3 heteroatoms. The van der Waals surface area contributed by atoms with Crippen LogP contribution in [0.4, 0.5) is 5.69 Å². The van der Waals surface area contributed by atoms with Gasteiger partial charge in [0.2, 0.25) is 0 Å². The summed E-state index contributed by atoms with van der Waals surface area (Å²) < 4.78 is 0. The van der Waals surface area contributed by atoms with Crippen LogP contribution in [0.1, 0.15) is 38.3 Å². The van der Waals surface area contributed by atoms with Crippen molar-refractivity contribution in [3.05, 3.63) is 63.8 Å². The number of aryl methyl sites for hydroxylation is 5. The van der Waals surface area contributed by atoms with Crippen molar-refractivity contribution in [2.75, 3.05) is 5.32 Å². The van der Waals surface area contributed by atoms with Gasteiger partial charge in [0.05, 0.1) is 0 Å². The van der Waals surface area contributed by atoms with Gasteiger partial charge >= 0.3 is 0 Å². The van der Waals surface area contributed by atoms with Crippen molar-refractivity contribution in [3.63, 3.8) is 0 Å². The predicted octanol–water partition coefficient (Wildman–Crippen LogP) is 4.96. The van der Waals surface area contributed by atoms with Gasteiger partial charge in [0.1, 0.15) is 0 Å². The quantitative estimate of drug-likeness (QED) is 0.690. The van der Waals surface area contributed by atoms with E-state index in [1.54, 1.807) is 0 Å². The Hall–Kier alpha value is -2.55. The Labute approximate surface area is 136 Å². The van der Waals surface area contributed by atoms with Crippen LogP contribution >= 0.6 is 0 Å². The van der Waals surface area contributed by atoms with Crippen LogP contribution in [0.3, 0.4) is 0 Å². The molecule has 0 aliphatic rings. The van der Waals surface area contributed by atoms with E-state index in [1.807, 2.05) is 39.0 Å². The van der Waals surface area contributed by atoms with E-state index in [9.17, 15) is 4.79 Å². The predicted molar refractivity (Wildman–Crippen MR) is 96.4 cm³/mol. The Bertz CT molecular complexity index is 896. The van der Waals surface area contributed by atoms with Crippen LogP contribution < -0.4 is 5.32 Å². The van der Waals surface area contributed by atoms with E-state index in [0.29, 0.717) is 5.56 Å². The van der Waals surface area contributed by atoms with Gasteiger partial charge in [-0.1, -0.05) is 17.7 Å². The number of anilines is 1. The Kier molecular flexibility index (Phi) is 3.72. The van der Waals surface area contributed by atoms with Gasteiger partial charge in [-0.25, -0.2) is 0 Å². The lowest BCUT2D eigenvalue weighted by molar-refractivity contribution is 0.102. The number of benzene rings is 2. The van der Waals surface area contributed by atoms with Crippen molar-refractivity contribution in [2.24, 2.45) is 0 Å². The van der Waals surface area contributed by atoms with Gasteiger partial charge in [-0.3, -0.25) is 4.79 Å². The number of nitrogens with one attached hydrogen (secondary N) is 2. The molecule has 23 heavy (non-hydrogen) atoms. The number of carbonyl (C=O) groups is 1. The Morgan fingerprint density at radius 3 is 2.26 bits per heavy atom. The van der Waals surface area contributed by atoms with Gasteiger partial charge in [-0.2, -0.15) is 0 Å². The number of carbonyl (C=O) groups excluding carboxylic acids is 1. The van der Waals surface area contributed by atoms with E-state index in [-0.39, 0.29) is 5.91 Å². The molecule has 0 spiro atoms. The monoisotopic (exact) mass is 306 g/mol. The van der Waals surface area contributed by atoms with Crippen molar-refractivity contribution < 1.29 is 4.79 Å². The van der Waals surface area contributed by atoms with Crippen LogP contribution in [0.25, 0.3) is 10.9 Å². The first-order valence-corrected chi connectivity index (χ1v) is 7.85. The fraction of sp³-hybridized carbons (Fsp3) is 0.250. The van der Waals surface area contributed by atoms with E-state index < -0.39 is 0 Å². The van der Waals surface area contributed by atoms with Crippen LogP contribution in [0, 0.1) is 34.6 Å². The third-order valence-corrected chi connectivity index (χ3v) is 4.49. The first-order valence-electron chi connectivity index (χ1n) is 7.85. The van der Waals surface area contributed by atoms with Crippen LogP contribution in [-0.4, -0.2) is 10.9 Å². The molecule has 0 aliphatic heterocycles. The molecule has 3 aromatic rings. The number of H-pyrrole nitrogens is 1. The number of hydrogen-bond acceptors (Lipinski definition) is 1. The first-order chi connectivity index (χ1) is 10.9. The summed E-state index contributed by atoms with van der Waals surface area (Å²) in [6.45, 7) is 10.2. The molecule has 0 bridgehead atoms. The lowest BCUT2D eigenvalue weighted by atomic mass is 10.0. The molecule has 0 saturated carbocycles. The summed E-state index contributed by atoms with van der Waals surface area (Å²) >= 11 is 0. The maximum atomic E-state index is 12.6. The lowest BCUT2D eigenvalue weighted by Crippen LogP contribution is -2.13. The van der Waals surface area contributed by atoms with E-state index in [2.05, 4.69) is 36.3 Å². The second kappa shape index (κ2) is 5.58. The Morgan fingerprint density at radius 1 is 0.957 bits per heavy atom. The minimum Gasteiger partial charge on any atom is -0.358 e. The lowest BCUT2D eigenvalue weighted by Gasteiger charge is -2.13. The summed E-state index contributed by atoms with van der Waals surface area (Å²) in [5, 5.41) is 4.17. The molecule has 0 atom stereocenters. The van der Waals surface area contributed by atoms with Crippen molar-refractivity contribution in [3.8, 4) is 0 Å². The molecule has 2 N–H and O–H groups in total. The minimum absolute atomic E-state index is 0.0693. The van der Waals surface area contributed by atoms with Gasteiger partial charge in [0.15, 0.2) is 0 Å². The zero-order valence-electron chi connectivity index (χ0n) is 14.3. The molecule has 1 amide bonds. The zero-order chi connectivity index (χ0) is 16.7. The number of rotatable bonds is 2. The third kappa shape index (κ3) is 2.74. The highest BCUT2D eigenvalue weighted by molar-refractivity contribution is 6.07. The van der Waals surface area contributed by atoms with Gasteiger partial charge in [-0.15, -0.1) is 0 Å². The molecule has 3 nitrogen and oxygen atoms in total. The normalized spacial score (nSPS) is 11.0. The minimum atomic E-state index is -0.0693. The molecule has 0 radical (unpaired) electrons. The smallest absolute Gasteiger partial charge is 0.255 e. The van der Waals surface area contributed by atoms with Crippen molar-refractivity contribution >= 4 is 22.5 Å². The average molecular weight is 306 g/mol. The third-order valence-electron chi connectivity index (χ3n) is 4.49. The highest BCUT2D eigenvalue weighted by Gasteiger charge is 2.12. The number of fused-ring (bicyclic) bond motifs is 1. The van der Waals surface area contributed by atoms with Gasteiger partial charge in [0, 0.05) is 27.8 Å². The second-order valence-corrected chi connectivity index (χ2v) is 6.36. The summed E-state index contributed by atoms with van der Waals surface area (Å²) in [5.41, 5.74) is 8.37. The van der Waals surface area contributed by atoms with E-state index in [1.165, 1.54) is 11.1 Å². The molecule has 1 aromatic heterocycles. The molecule has 0 aliphatic carbocycles. The van der Waals surface area contributed by atoms with Crippen molar-refractivity contribution in [1.29, 1.82) is 0 Å². The van der Waals surface area contributed by atoms with Crippen LogP contribution in [0.15, 0.2) is 30.3 Å². The molecular weight excluding hydrogens is 284 g/mol. The van der Waals surface area contributed by atoms with E-state index >= 15 is 0 Å². The Balaban J connectivity index is 1.96. The molecule has 0 unspecified atom stereocenters. The summed E-state index contributed by atoms with van der Waals surface area (Å²) in [6, 6.07) is 9.98. The van der Waals surface area contributed by atoms with E-state index in [0.717, 1.165) is 33.4 Å². The summed E-state index contributed by atoms with van der Waals surface area (Å²) in [6.07, 6.45) is 0. The average Bonchev–Trinajstić information content (AvgIpc) is 2.77. The summed E-state index contributed by atoms with van der Waals surface area (Å²) in [5.74, 6) is -0.0693. The largest absolute Gasteiger partial charge is 0.358 e. The molecule has 0 saturated heterocycles. The van der Waals surface area contributed by atoms with Crippen molar-refractivity contribution in [1.82, 2.24) is 4.98 Å². The maximum absolute atomic E-state index is 12.6. The van der Waals surface area contributed by atoms with Gasteiger partial charge < -0.3 is 10.3 Å². The summed E-state index contributed by atoms with van der Waals surface area (Å²) in [4.78, 5) is 16.0. The number of hydrogen-bond donors (Lipinski definition) is 2. The molecule has 2 aromatic carbocycles. The highest BCUT2D eigenvalue weighted by Crippen LogP contribution is 2.25. The molecule has 118 valence electrons. The Morgan fingerprint density at radius 2 is 1.61 bits per heavy atom. The molecule has 3 rings (SSSR count). The summed E-state index contributed by atoms with van der Waals surface area (Å²) in [7, 11) is 0. The fourth-order valence-corrected chi connectivity index (χ4v) is 3.17. The standard InChI is InChI=1S/C20H22N2O/c1-11-8-12(2)19(13(3)9-11)22-20(23)16-6-7-18-17(10-16)14(4)15(5)21-18/h6-10,21H,1-5H3,(H,22,23).